The third-order valence-electron chi connectivity index (χ3n) is 6.25. The first-order valence-corrected chi connectivity index (χ1v) is 10.3. The number of hydrogen-bond acceptors (Lipinski definition) is 4. The van der Waals surface area contributed by atoms with Crippen molar-refractivity contribution in [3.63, 3.8) is 0 Å². The maximum Gasteiger partial charge on any atom is 0.251 e. The minimum Gasteiger partial charge on any atom is -0.385 e. The summed E-state index contributed by atoms with van der Waals surface area (Å²) in [4.78, 5) is 23.9. The highest BCUT2D eigenvalue weighted by Gasteiger charge is 2.62. The van der Waals surface area contributed by atoms with Crippen molar-refractivity contribution in [1.82, 2.24) is 15.5 Å². The molecule has 4 N–H and O–H groups in total. The minimum absolute atomic E-state index is 0.0428. The minimum atomic E-state index is -0.977. The average molecular weight is 425 g/mol. The Morgan fingerprint density at radius 3 is 2.73 bits per heavy atom. The number of carbonyl (C=O) groups is 2. The van der Waals surface area contributed by atoms with Gasteiger partial charge < -0.3 is 15.7 Å². The first kappa shape index (κ1) is 19.1. The van der Waals surface area contributed by atoms with Gasteiger partial charge in [-0.25, -0.2) is 0 Å². The van der Waals surface area contributed by atoms with Gasteiger partial charge in [-0.3, -0.25) is 14.7 Å². The number of amides is 2. The van der Waals surface area contributed by atoms with Gasteiger partial charge in [-0.05, 0) is 60.6 Å². The first-order valence-electron chi connectivity index (χ1n) is 9.88. The molecule has 0 saturated heterocycles. The Labute approximate surface area is 177 Å². The molecule has 0 spiro atoms. The molecule has 8 heteroatoms. The highest BCUT2D eigenvalue weighted by molar-refractivity contribution is 6.31. The molecule has 2 amide bonds. The lowest BCUT2D eigenvalue weighted by molar-refractivity contribution is -0.114. The van der Waals surface area contributed by atoms with Crippen LogP contribution in [0.3, 0.4) is 0 Å². The Kier molecular flexibility index (Phi) is 4.34. The van der Waals surface area contributed by atoms with E-state index in [4.69, 9.17) is 11.6 Å². The standard InChI is InChI=1S/C22H21ClN4O3/c1-11(28)25-14-4-2-3-12(5-14)21(29)26-20-15-8-22(30,9-16(15)20)18-6-13(23)7-19-17(18)10-24-27-19/h2-7,10,15-16,20,30H,8-9H2,1H3,(H,24,27)(H,25,28)(H,26,29)/t15-,16+,20-,22+. The zero-order chi connectivity index (χ0) is 21.0. The van der Waals surface area contributed by atoms with Crippen LogP contribution in [0.25, 0.3) is 10.9 Å². The van der Waals surface area contributed by atoms with Gasteiger partial charge in [0.25, 0.3) is 5.91 Å². The van der Waals surface area contributed by atoms with Crippen molar-refractivity contribution in [2.45, 2.75) is 31.4 Å². The maximum atomic E-state index is 12.7. The molecule has 154 valence electrons. The van der Waals surface area contributed by atoms with Crippen molar-refractivity contribution < 1.29 is 14.7 Å². The second-order valence-corrected chi connectivity index (χ2v) is 8.75. The SMILES string of the molecule is CC(=O)Nc1cccc(C(=O)N[C@@H]2[C@@H]3C[C@@](O)(c4cc(Cl)cc5[nH]ncc45)C[C@@H]32)c1. The van der Waals surface area contributed by atoms with E-state index in [1.807, 2.05) is 6.07 Å². The number of benzene rings is 2. The second-order valence-electron chi connectivity index (χ2n) is 8.31. The molecule has 30 heavy (non-hydrogen) atoms. The van der Waals surface area contributed by atoms with Gasteiger partial charge in [-0.15, -0.1) is 0 Å². The lowest BCUT2D eigenvalue weighted by Crippen LogP contribution is -2.33. The molecule has 0 bridgehead atoms. The lowest BCUT2D eigenvalue weighted by atomic mass is 9.86. The maximum absolute atomic E-state index is 12.7. The fraction of sp³-hybridized carbons (Fsp3) is 0.318. The molecule has 2 aromatic carbocycles. The van der Waals surface area contributed by atoms with Crippen LogP contribution in [-0.4, -0.2) is 33.2 Å². The van der Waals surface area contributed by atoms with Gasteiger partial charge in [-0.2, -0.15) is 5.10 Å². The number of fused-ring (bicyclic) bond motifs is 2. The van der Waals surface area contributed by atoms with Crippen molar-refractivity contribution in [2.75, 3.05) is 5.32 Å². The van der Waals surface area contributed by atoms with Crippen LogP contribution in [0.4, 0.5) is 5.69 Å². The van der Waals surface area contributed by atoms with Crippen molar-refractivity contribution in [1.29, 1.82) is 0 Å². The molecular formula is C22H21ClN4O3. The quantitative estimate of drug-likeness (QED) is 0.515. The number of rotatable bonds is 4. The van der Waals surface area contributed by atoms with Crippen LogP contribution in [0.2, 0.25) is 5.02 Å². The lowest BCUT2D eigenvalue weighted by Gasteiger charge is -2.27. The van der Waals surface area contributed by atoms with Crippen LogP contribution < -0.4 is 10.6 Å². The topological polar surface area (TPSA) is 107 Å². The summed E-state index contributed by atoms with van der Waals surface area (Å²) >= 11 is 6.24. The Morgan fingerprint density at radius 2 is 2.00 bits per heavy atom. The molecule has 0 unspecified atom stereocenters. The molecular weight excluding hydrogens is 404 g/mol. The van der Waals surface area contributed by atoms with E-state index in [0.29, 0.717) is 29.1 Å². The van der Waals surface area contributed by atoms with E-state index < -0.39 is 5.60 Å². The van der Waals surface area contributed by atoms with Crippen molar-refractivity contribution in [2.24, 2.45) is 11.8 Å². The zero-order valence-electron chi connectivity index (χ0n) is 16.3. The van der Waals surface area contributed by atoms with E-state index in [1.165, 1.54) is 6.92 Å². The smallest absolute Gasteiger partial charge is 0.251 e. The van der Waals surface area contributed by atoms with E-state index in [9.17, 15) is 14.7 Å². The van der Waals surface area contributed by atoms with Crippen LogP contribution in [0.1, 0.15) is 35.7 Å². The predicted octanol–water partition coefficient (Wildman–Crippen LogP) is 3.20. The summed E-state index contributed by atoms with van der Waals surface area (Å²) in [6.07, 6.45) is 2.84. The molecule has 2 aliphatic rings. The summed E-state index contributed by atoms with van der Waals surface area (Å²) in [5.41, 5.74) is 1.70. The average Bonchev–Trinajstić information content (AvgIpc) is 3.05. The van der Waals surface area contributed by atoms with Gasteiger partial charge in [0, 0.05) is 34.6 Å². The van der Waals surface area contributed by atoms with Crippen LogP contribution in [0, 0.1) is 11.8 Å². The van der Waals surface area contributed by atoms with Gasteiger partial charge in [-0.1, -0.05) is 17.7 Å². The monoisotopic (exact) mass is 424 g/mol. The zero-order valence-corrected chi connectivity index (χ0v) is 17.0. The van der Waals surface area contributed by atoms with Gasteiger partial charge in [0.15, 0.2) is 0 Å². The summed E-state index contributed by atoms with van der Waals surface area (Å²) in [7, 11) is 0. The number of aliphatic hydroxyl groups is 1. The third kappa shape index (κ3) is 3.24. The Balaban J connectivity index is 1.28. The molecule has 1 aromatic heterocycles. The number of aromatic nitrogens is 2. The number of halogens is 1. The van der Waals surface area contributed by atoms with Crippen molar-refractivity contribution in [3.8, 4) is 0 Å². The highest BCUT2D eigenvalue weighted by atomic mass is 35.5. The van der Waals surface area contributed by atoms with Crippen LogP contribution in [-0.2, 0) is 10.4 Å². The van der Waals surface area contributed by atoms with Crippen LogP contribution in [0.5, 0.6) is 0 Å². The van der Waals surface area contributed by atoms with Gasteiger partial charge in [0.05, 0.1) is 17.3 Å². The molecule has 0 aliphatic heterocycles. The summed E-state index contributed by atoms with van der Waals surface area (Å²) < 4.78 is 0. The van der Waals surface area contributed by atoms with Gasteiger partial charge in [0.1, 0.15) is 0 Å². The number of nitrogens with one attached hydrogen (secondary N) is 3. The highest BCUT2D eigenvalue weighted by Crippen LogP contribution is 2.60. The molecule has 1 heterocycles. The fourth-order valence-electron chi connectivity index (χ4n) is 4.88. The van der Waals surface area contributed by atoms with E-state index >= 15 is 0 Å². The molecule has 0 radical (unpaired) electrons. The molecule has 7 nitrogen and oxygen atoms in total. The number of nitrogens with zero attached hydrogens (tertiary/aromatic N) is 1. The van der Waals surface area contributed by atoms with Gasteiger partial charge >= 0.3 is 0 Å². The van der Waals surface area contributed by atoms with E-state index in [2.05, 4.69) is 20.8 Å². The fourth-order valence-corrected chi connectivity index (χ4v) is 5.09. The van der Waals surface area contributed by atoms with E-state index in [0.717, 1.165) is 16.5 Å². The summed E-state index contributed by atoms with van der Waals surface area (Å²) in [6, 6.07) is 10.5. The molecule has 5 rings (SSSR count). The molecule has 2 fully saturated rings. The number of carbonyl (C=O) groups excluding carboxylic acids is 2. The number of aromatic amines is 1. The van der Waals surface area contributed by atoms with E-state index in [1.54, 1.807) is 36.5 Å². The molecule has 4 atom stereocenters. The van der Waals surface area contributed by atoms with Crippen molar-refractivity contribution in [3.05, 3.63) is 58.7 Å². The van der Waals surface area contributed by atoms with Gasteiger partial charge in [0.2, 0.25) is 5.91 Å². The normalized spacial score (nSPS) is 27.0. The summed E-state index contributed by atoms with van der Waals surface area (Å²) in [5, 5.41) is 25.5. The number of H-pyrrole nitrogens is 1. The van der Waals surface area contributed by atoms with E-state index in [-0.39, 0.29) is 29.7 Å². The second kappa shape index (κ2) is 6.82. The predicted molar refractivity (Wildman–Crippen MR) is 113 cm³/mol. The third-order valence-corrected chi connectivity index (χ3v) is 6.46. The number of anilines is 1. The number of hydrogen-bond donors (Lipinski definition) is 4. The van der Waals surface area contributed by atoms with Crippen LogP contribution >= 0.6 is 11.6 Å². The molecule has 2 aliphatic carbocycles. The molecule has 3 aromatic rings. The largest absolute Gasteiger partial charge is 0.385 e. The summed E-state index contributed by atoms with van der Waals surface area (Å²) in [6.45, 7) is 1.43. The first-order chi connectivity index (χ1) is 14.3. The van der Waals surface area contributed by atoms with Crippen LogP contribution in [0.15, 0.2) is 42.6 Å². The Morgan fingerprint density at radius 1 is 1.23 bits per heavy atom. The summed E-state index contributed by atoms with van der Waals surface area (Å²) in [5.74, 6) is 0.0817. The van der Waals surface area contributed by atoms with Crippen molar-refractivity contribution >= 4 is 40.0 Å². The Hall–Kier alpha value is -2.90. The molecule has 2 saturated carbocycles. The Bertz CT molecular complexity index is 1160.